The van der Waals surface area contributed by atoms with E-state index in [-0.39, 0.29) is 6.10 Å². The van der Waals surface area contributed by atoms with Crippen LogP contribution in [0.2, 0.25) is 0 Å². The lowest BCUT2D eigenvalue weighted by Gasteiger charge is -2.09. The van der Waals surface area contributed by atoms with Crippen LogP contribution in [0.15, 0.2) is 0 Å². The van der Waals surface area contributed by atoms with Crippen molar-refractivity contribution >= 4 is 0 Å². The second kappa shape index (κ2) is 40.6. The Labute approximate surface area is 269 Å². The molecule has 11 nitrogen and oxygen atoms in total. The Hall–Kier alpha value is -0.440. The number of unbranched alkanes of at least 4 members (excludes halogenated alkanes) is 7. The molecule has 0 aromatic rings. The summed E-state index contributed by atoms with van der Waals surface area (Å²) in [5.41, 5.74) is 0. The minimum absolute atomic E-state index is 0.235. The highest BCUT2D eigenvalue weighted by Gasteiger charge is 1.97. The Morgan fingerprint density at radius 2 is 0.500 bits per heavy atom. The maximum absolute atomic E-state index is 5.62. The quantitative estimate of drug-likeness (QED) is 0.0870. The Bertz CT molecular complexity index is 500. The summed E-state index contributed by atoms with van der Waals surface area (Å²) in [6.07, 6.45) is 10.8. The smallest absolute Gasteiger partial charge is 0.0703 e. The molecule has 0 atom stereocenters. The minimum atomic E-state index is 0.235. The third-order valence-electron chi connectivity index (χ3n) is 6.17. The molecule has 0 aliphatic carbocycles. The molecule has 0 saturated carbocycles. The van der Waals surface area contributed by atoms with Gasteiger partial charge in [-0.25, -0.2) is 0 Å². The summed E-state index contributed by atoms with van der Waals surface area (Å²) in [5, 5.41) is 0. The molecule has 0 aromatic heterocycles. The van der Waals surface area contributed by atoms with E-state index >= 15 is 0 Å². The Morgan fingerprint density at radius 3 is 0.773 bits per heavy atom. The summed E-state index contributed by atoms with van der Waals surface area (Å²) >= 11 is 0. The summed E-state index contributed by atoms with van der Waals surface area (Å²) in [6.45, 7) is 18.2. The van der Waals surface area contributed by atoms with Crippen LogP contribution in [0.5, 0.6) is 0 Å². The SMILES string of the molecule is CCCCCCCCCCOCCOCCOCCOCCOCCOCCOCCOCCOCCOCCOC(C)C. The highest BCUT2D eigenvalue weighted by Crippen LogP contribution is 2.08. The van der Waals surface area contributed by atoms with Gasteiger partial charge in [0.1, 0.15) is 0 Å². The van der Waals surface area contributed by atoms with Gasteiger partial charge in [0.05, 0.1) is 138 Å². The van der Waals surface area contributed by atoms with Gasteiger partial charge in [-0.1, -0.05) is 51.9 Å². The van der Waals surface area contributed by atoms with Crippen molar-refractivity contribution < 1.29 is 52.1 Å². The van der Waals surface area contributed by atoms with Crippen molar-refractivity contribution in [3.8, 4) is 0 Å². The van der Waals surface area contributed by atoms with E-state index in [9.17, 15) is 0 Å². The van der Waals surface area contributed by atoms with E-state index in [1.165, 1.54) is 44.9 Å². The van der Waals surface area contributed by atoms with Gasteiger partial charge in [0.15, 0.2) is 0 Å². The topological polar surface area (TPSA) is 102 Å². The largest absolute Gasteiger partial charge is 0.379 e. The van der Waals surface area contributed by atoms with Crippen molar-refractivity contribution in [1.29, 1.82) is 0 Å². The Balaban J connectivity index is 3.03. The van der Waals surface area contributed by atoms with Crippen LogP contribution >= 0.6 is 0 Å². The minimum Gasteiger partial charge on any atom is -0.379 e. The molecule has 0 heterocycles. The van der Waals surface area contributed by atoms with E-state index < -0.39 is 0 Å². The van der Waals surface area contributed by atoms with Gasteiger partial charge in [-0.05, 0) is 20.3 Å². The van der Waals surface area contributed by atoms with Crippen LogP contribution in [0.4, 0.5) is 0 Å². The highest BCUT2D eigenvalue weighted by molar-refractivity contribution is 4.46. The number of hydrogen-bond acceptors (Lipinski definition) is 11. The van der Waals surface area contributed by atoms with Crippen LogP contribution in [0.1, 0.15) is 72.1 Å². The average molecular weight is 641 g/mol. The van der Waals surface area contributed by atoms with E-state index in [0.717, 1.165) is 13.0 Å². The van der Waals surface area contributed by atoms with Crippen LogP contribution in [0, 0.1) is 0 Å². The summed E-state index contributed by atoms with van der Waals surface area (Å²) in [5.74, 6) is 0. The van der Waals surface area contributed by atoms with Crippen LogP contribution in [0.25, 0.3) is 0 Å². The maximum Gasteiger partial charge on any atom is 0.0703 e. The molecule has 0 N–H and O–H groups in total. The lowest BCUT2D eigenvalue weighted by atomic mass is 10.1. The van der Waals surface area contributed by atoms with Crippen molar-refractivity contribution in [3.05, 3.63) is 0 Å². The molecule has 0 aromatic carbocycles. The van der Waals surface area contributed by atoms with E-state index in [4.69, 9.17) is 52.1 Å². The molecule has 0 rings (SSSR count). The zero-order valence-electron chi connectivity index (χ0n) is 28.6. The fourth-order valence-electron chi connectivity index (χ4n) is 3.76. The van der Waals surface area contributed by atoms with E-state index in [1.807, 2.05) is 13.8 Å². The molecule has 0 aliphatic rings. The summed E-state index contributed by atoms with van der Waals surface area (Å²) < 4.78 is 60.3. The monoisotopic (exact) mass is 640 g/mol. The van der Waals surface area contributed by atoms with Gasteiger partial charge >= 0.3 is 0 Å². The number of rotatable bonds is 40. The van der Waals surface area contributed by atoms with Gasteiger partial charge < -0.3 is 52.1 Å². The van der Waals surface area contributed by atoms with Gasteiger partial charge in [-0.3, -0.25) is 0 Å². The average Bonchev–Trinajstić information content (AvgIpc) is 3.02. The fourth-order valence-corrected chi connectivity index (χ4v) is 3.76. The van der Waals surface area contributed by atoms with E-state index in [1.54, 1.807) is 0 Å². The highest BCUT2D eigenvalue weighted by atomic mass is 16.6. The lowest BCUT2D eigenvalue weighted by molar-refractivity contribution is -0.0286. The molecular weight excluding hydrogens is 572 g/mol. The van der Waals surface area contributed by atoms with Gasteiger partial charge in [0.25, 0.3) is 0 Å². The first kappa shape index (κ1) is 43.6. The first-order chi connectivity index (χ1) is 21.8. The zero-order valence-corrected chi connectivity index (χ0v) is 28.6. The summed E-state index contributed by atoms with van der Waals surface area (Å²) in [6, 6.07) is 0. The molecule has 0 spiro atoms. The predicted molar refractivity (Wildman–Crippen MR) is 172 cm³/mol. The molecule has 0 unspecified atom stereocenters. The molecule has 0 fully saturated rings. The molecule has 0 bridgehead atoms. The van der Waals surface area contributed by atoms with Gasteiger partial charge in [0.2, 0.25) is 0 Å². The van der Waals surface area contributed by atoms with Gasteiger partial charge in [-0.2, -0.15) is 0 Å². The normalized spacial score (nSPS) is 11.7. The first-order valence-electron chi connectivity index (χ1n) is 17.2. The number of ether oxygens (including phenoxy) is 11. The van der Waals surface area contributed by atoms with Crippen molar-refractivity contribution in [3.63, 3.8) is 0 Å². The fraction of sp³-hybridized carbons (Fsp3) is 1.00. The molecular formula is C33H68O11. The maximum atomic E-state index is 5.62. The van der Waals surface area contributed by atoms with Crippen LogP contribution in [-0.4, -0.2) is 145 Å². The van der Waals surface area contributed by atoms with E-state index in [2.05, 4.69) is 6.92 Å². The first-order valence-corrected chi connectivity index (χ1v) is 17.2. The molecule has 0 saturated heterocycles. The van der Waals surface area contributed by atoms with Crippen LogP contribution in [-0.2, 0) is 52.1 Å². The van der Waals surface area contributed by atoms with Crippen molar-refractivity contribution in [2.45, 2.75) is 78.2 Å². The second-order valence-electron chi connectivity index (χ2n) is 10.5. The molecule has 0 radical (unpaired) electrons. The molecule has 44 heavy (non-hydrogen) atoms. The predicted octanol–water partition coefficient (Wildman–Crippen LogP) is 4.72. The van der Waals surface area contributed by atoms with Crippen molar-refractivity contribution in [1.82, 2.24) is 0 Å². The molecule has 266 valence electrons. The standard InChI is InChI=1S/C33H68O11/c1-4-5-6-7-8-9-10-11-12-34-13-14-35-15-16-36-17-18-37-19-20-38-21-22-39-23-24-40-25-26-41-27-28-42-29-30-43-31-32-44-33(2)3/h33H,4-32H2,1-3H3. The van der Waals surface area contributed by atoms with Crippen LogP contribution in [0.3, 0.4) is 0 Å². The van der Waals surface area contributed by atoms with Gasteiger partial charge in [0, 0.05) is 6.61 Å². The summed E-state index contributed by atoms with van der Waals surface area (Å²) in [7, 11) is 0. The van der Waals surface area contributed by atoms with Crippen LogP contribution < -0.4 is 0 Å². The van der Waals surface area contributed by atoms with Gasteiger partial charge in [-0.15, -0.1) is 0 Å². The summed E-state index contributed by atoms with van der Waals surface area (Å²) in [4.78, 5) is 0. The lowest BCUT2D eigenvalue weighted by Crippen LogP contribution is -2.15. The van der Waals surface area contributed by atoms with E-state index in [0.29, 0.717) is 132 Å². The molecule has 0 amide bonds. The third kappa shape index (κ3) is 41.6. The number of hydrogen-bond donors (Lipinski definition) is 0. The molecule has 0 aliphatic heterocycles. The van der Waals surface area contributed by atoms with Crippen molar-refractivity contribution in [2.75, 3.05) is 139 Å². The second-order valence-corrected chi connectivity index (χ2v) is 10.5. The van der Waals surface area contributed by atoms with Crippen molar-refractivity contribution in [2.24, 2.45) is 0 Å². The molecule has 11 heteroatoms. The Morgan fingerprint density at radius 1 is 0.273 bits per heavy atom. The third-order valence-corrected chi connectivity index (χ3v) is 6.17. The zero-order chi connectivity index (χ0) is 31.9. The Kier molecular flexibility index (Phi) is 40.2.